The van der Waals surface area contributed by atoms with Crippen molar-refractivity contribution < 1.29 is 4.74 Å². The van der Waals surface area contributed by atoms with Crippen LogP contribution in [0.5, 0.6) is 5.75 Å². The van der Waals surface area contributed by atoms with Crippen molar-refractivity contribution in [2.75, 3.05) is 11.9 Å². The smallest absolute Gasteiger partial charge is 0.119 e. The van der Waals surface area contributed by atoms with Crippen molar-refractivity contribution in [2.45, 2.75) is 26.8 Å². The van der Waals surface area contributed by atoms with E-state index in [2.05, 4.69) is 73.8 Å². The maximum atomic E-state index is 5.84. The summed E-state index contributed by atoms with van der Waals surface area (Å²) >= 11 is 0. The average molecular weight is 331 g/mol. The van der Waals surface area contributed by atoms with E-state index in [1.165, 1.54) is 27.9 Å². The van der Waals surface area contributed by atoms with Crippen LogP contribution in [0.1, 0.15) is 22.3 Å². The van der Waals surface area contributed by atoms with E-state index in [4.69, 9.17) is 4.74 Å². The molecule has 0 saturated carbocycles. The molecular weight excluding hydrogens is 306 g/mol. The Kier molecular flexibility index (Phi) is 5.73. The van der Waals surface area contributed by atoms with Gasteiger partial charge in [-0.1, -0.05) is 54.6 Å². The van der Waals surface area contributed by atoms with Crippen molar-refractivity contribution in [3.63, 3.8) is 0 Å². The number of hydrogen-bond donors (Lipinski definition) is 1. The van der Waals surface area contributed by atoms with Crippen molar-refractivity contribution in [2.24, 2.45) is 0 Å². The monoisotopic (exact) mass is 331 g/mol. The Morgan fingerprint density at radius 1 is 0.800 bits per heavy atom. The summed E-state index contributed by atoms with van der Waals surface area (Å²) in [5, 5.41) is 3.51. The van der Waals surface area contributed by atoms with Gasteiger partial charge in [0, 0.05) is 18.7 Å². The first-order valence-electron chi connectivity index (χ1n) is 8.77. The number of anilines is 1. The van der Waals surface area contributed by atoms with E-state index in [1.54, 1.807) is 0 Å². The fraction of sp³-hybridized carbons (Fsp3) is 0.217. The Morgan fingerprint density at radius 2 is 1.56 bits per heavy atom. The van der Waals surface area contributed by atoms with Crippen LogP contribution in [0.3, 0.4) is 0 Å². The van der Waals surface area contributed by atoms with Gasteiger partial charge in [-0.2, -0.15) is 0 Å². The molecule has 0 aliphatic carbocycles. The van der Waals surface area contributed by atoms with Gasteiger partial charge in [0.15, 0.2) is 0 Å². The van der Waals surface area contributed by atoms with Crippen LogP contribution in [-0.2, 0) is 13.0 Å². The zero-order chi connectivity index (χ0) is 17.5. The van der Waals surface area contributed by atoms with Gasteiger partial charge in [0.2, 0.25) is 0 Å². The minimum Gasteiger partial charge on any atom is -0.493 e. The van der Waals surface area contributed by atoms with Crippen molar-refractivity contribution in [1.29, 1.82) is 0 Å². The molecule has 0 radical (unpaired) electrons. The zero-order valence-corrected chi connectivity index (χ0v) is 15.0. The SMILES string of the molecule is Cc1ccc(C)c(NCc2ccc(OCCc3ccccc3)cc2)c1. The van der Waals surface area contributed by atoms with E-state index in [9.17, 15) is 0 Å². The standard InChI is InChI=1S/C23H25NO/c1-18-8-9-19(2)23(16-18)24-17-21-10-12-22(13-11-21)25-15-14-20-6-4-3-5-7-20/h3-13,16,24H,14-15,17H2,1-2H3. The lowest BCUT2D eigenvalue weighted by molar-refractivity contribution is 0.322. The van der Waals surface area contributed by atoms with Crippen LogP contribution in [0.4, 0.5) is 5.69 Å². The molecule has 3 aromatic carbocycles. The van der Waals surface area contributed by atoms with E-state index in [1.807, 2.05) is 18.2 Å². The Morgan fingerprint density at radius 3 is 2.32 bits per heavy atom. The van der Waals surface area contributed by atoms with Gasteiger partial charge in [-0.25, -0.2) is 0 Å². The second kappa shape index (κ2) is 8.39. The van der Waals surface area contributed by atoms with Gasteiger partial charge >= 0.3 is 0 Å². The highest BCUT2D eigenvalue weighted by atomic mass is 16.5. The molecular formula is C23H25NO. The fourth-order valence-electron chi connectivity index (χ4n) is 2.76. The van der Waals surface area contributed by atoms with Crippen molar-refractivity contribution in [3.05, 3.63) is 95.1 Å². The number of aryl methyl sites for hydroxylation is 2. The highest BCUT2D eigenvalue weighted by Gasteiger charge is 2.00. The van der Waals surface area contributed by atoms with Crippen LogP contribution in [0.25, 0.3) is 0 Å². The molecule has 0 aromatic heterocycles. The van der Waals surface area contributed by atoms with Gasteiger partial charge in [0.25, 0.3) is 0 Å². The summed E-state index contributed by atoms with van der Waals surface area (Å²) in [6.07, 6.45) is 0.927. The second-order valence-electron chi connectivity index (χ2n) is 6.40. The Balaban J connectivity index is 1.49. The van der Waals surface area contributed by atoms with E-state index >= 15 is 0 Å². The third kappa shape index (κ3) is 5.12. The summed E-state index contributed by atoms with van der Waals surface area (Å²) in [7, 11) is 0. The molecule has 3 rings (SSSR count). The molecule has 0 aliphatic rings. The molecule has 0 atom stereocenters. The van der Waals surface area contributed by atoms with Crippen LogP contribution in [0.15, 0.2) is 72.8 Å². The third-order valence-electron chi connectivity index (χ3n) is 4.30. The molecule has 0 spiro atoms. The largest absolute Gasteiger partial charge is 0.493 e. The Labute approximate surface area is 150 Å². The van der Waals surface area contributed by atoms with Gasteiger partial charge < -0.3 is 10.1 Å². The number of rotatable bonds is 7. The molecule has 0 fully saturated rings. The molecule has 0 heterocycles. The van der Waals surface area contributed by atoms with Gasteiger partial charge in [-0.15, -0.1) is 0 Å². The number of benzene rings is 3. The fourth-order valence-corrected chi connectivity index (χ4v) is 2.76. The quantitative estimate of drug-likeness (QED) is 0.614. The van der Waals surface area contributed by atoms with Crippen LogP contribution >= 0.6 is 0 Å². The lowest BCUT2D eigenvalue weighted by atomic mass is 10.1. The molecule has 0 amide bonds. The normalized spacial score (nSPS) is 10.5. The van der Waals surface area contributed by atoms with Gasteiger partial charge in [-0.05, 0) is 54.3 Å². The molecule has 0 bridgehead atoms. The topological polar surface area (TPSA) is 21.3 Å². The lowest BCUT2D eigenvalue weighted by Gasteiger charge is -2.11. The predicted molar refractivity (Wildman–Crippen MR) is 105 cm³/mol. The van der Waals surface area contributed by atoms with Crippen molar-refractivity contribution >= 4 is 5.69 Å². The maximum absolute atomic E-state index is 5.84. The first-order valence-corrected chi connectivity index (χ1v) is 8.77. The molecule has 128 valence electrons. The highest BCUT2D eigenvalue weighted by Crippen LogP contribution is 2.18. The summed E-state index contributed by atoms with van der Waals surface area (Å²) in [6.45, 7) is 5.76. The number of ether oxygens (including phenoxy) is 1. The van der Waals surface area contributed by atoms with E-state index in [-0.39, 0.29) is 0 Å². The highest BCUT2D eigenvalue weighted by molar-refractivity contribution is 5.52. The van der Waals surface area contributed by atoms with E-state index in [0.717, 1.165) is 18.7 Å². The molecule has 0 unspecified atom stereocenters. The van der Waals surface area contributed by atoms with Crippen LogP contribution in [0, 0.1) is 13.8 Å². The summed E-state index contributed by atoms with van der Waals surface area (Å²) in [6, 6.07) is 25.2. The van der Waals surface area contributed by atoms with Crippen LogP contribution in [-0.4, -0.2) is 6.61 Å². The van der Waals surface area contributed by atoms with Crippen molar-refractivity contribution in [1.82, 2.24) is 0 Å². The molecule has 25 heavy (non-hydrogen) atoms. The molecule has 2 heteroatoms. The van der Waals surface area contributed by atoms with E-state index < -0.39 is 0 Å². The Hall–Kier alpha value is -2.74. The summed E-state index contributed by atoms with van der Waals surface area (Å²) in [5.74, 6) is 0.923. The first-order chi connectivity index (χ1) is 12.2. The zero-order valence-electron chi connectivity index (χ0n) is 15.0. The lowest BCUT2D eigenvalue weighted by Crippen LogP contribution is -2.03. The summed E-state index contributed by atoms with van der Waals surface area (Å²) in [5.41, 5.74) is 6.29. The van der Waals surface area contributed by atoms with E-state index in [0.29, 0.717) is 6.61 Å². The van der Waals surface area contributed by atoms with Crippen molar-refractivity contribution in [3.8, 4) is 5.75 Å². The Bertz CT molecular complexity index is 794. The van der Waals surface area contributed by atoms with Crippen LogP contribution in [0.2, 0.25) is 0 Å². The summed E-state index contributed by atoms with van der Waals surface area (Å²) in [4.78, 5) is 0. The molecule has 0 saturated heterocycles. The molecule has 0 aliphatic heterocycles. The number of nitrogens with one attached hydrogen (secondary N) is 1. The average Bonchev–Trinajstić information content (AvgIpc) is 2.64. The van der Waals surface area contributed by atoms with Gasteiger partial charge in [0.05, 0.1) is 6.61 Å². The molecule has 1 N–H and O–H groups in total. The number of hydrogen-bond acceptors (Lipinski definition) is 2. The second-order valence-corrected chi connectivity index (χ2v) is 6.40. The van der Waals surface area contributed by atoms with Gasteiger partial charge in [0.1, 0.15) is 5.75 Å². The van der Waals surface area contributed by atoms with Crippen LogP contribution < -0.4 is 10.1 Å². The minimum atomic E-state index is 0.699. The molecule has 2 nitrogen and oxygen atoms in total. The third-order valence-corrected chi connectivity index (χ3v) is 4.30. The summed E-state index contributed by atoms with van der Waals surface area (Å²) < 4.78 is 5.84. The maximum Gasteiger partial charge on any atom is 0.119 e. The first kappa shape index (κ1) is 17.1. The minimum absolute atomic E-state index is 0.699. The predicted octanol–water partition coefficient (Wildman–Crippen LogP) is 5.54. The van der Waals surface area contributed by atoms with Gasteiger partial charge in [-0.3, -0.25) is 0 Å². The molecule has 3 aromatic rings.